The second-order valence-electron chi connectivity index (χ2n) is 4.41. The summed E-state index contributed by atoms with van der Waals surface area (Å²) in [5, 5.41) is 9.69. The number of ether oxygens (including phenoxy) is 1. The van der Waals surface area contributed by atoms with Crippen LogP contribution in [0.5, 0.6) is 5.75 Å². The molecular formula is C13H18O2. The molecule has 2 heteroatoms. The van der Waals surface area contributed by atoms with E-state index in [9.17, 15) is 5.11 Å². The van der Waals surface area contributed by atoms with Gasteiger partial charge in [0.05, 0.1) is 6.10 Å². The SMILES string of the molecule is Cc1cccc(OCC(O)C2CC2)c1C. The maximum absolute atomic E-state index is 9.69. The molecule has 82 valence electrons. The van der Waals surface area contributed by atoms with Gasteiger partial charge in [0, 0.05) is 0 Å². The third-order valence-electron chi connectivity index (χ3n) is 3.13. The van der Waals surface area contributed by atoms with Crippen LogP contribution in [0.2, 0.25) is 0 Å². The van der Waals surface area contributed by atoms with E-state index in [0.29, 0.717) is 12.5 Å². The molecule has 1 fully saturated rings. The van der Waals surface area contributed by atoms with E-state index in [2.05, 4.69) is 13.0 Å². The van der Waals surface area contributed by atoms with Gasteiger partial charge in [0.1, 0.15) is 12.4 Å². The molecule has 1 aromatic carbocycles. The molecule has 2 nitrogen and oxygen atoms in total. The first-order valence-electron chi connectivity index (χ1n) is 5.55. The number of rotatable bonds is 4. The molecule has 1 saturated carbocycles. The van der Waals surface area contributed by atoms with Gasteiger partial charge in [0.2, 0.25) is 0 Å². The van der Waals surface area contributed by atoms with Gasteiger partial charge in [-0.3, -0.25) is 0 Å². The Labute approximate surface area is 90.9 Å². The van der Waals surface area contributed by atoms with Crippen LogP contribution in [0.25, 0.3) is 0 Å². The van der Waals surface area contributed by atoms with Crippen LogP contribution in [0.4, 0.5) is 0 Å². The van der Waals surface area contributed by atoms with E-state index in [0.717, 1.165) is 18.6 Å². The highest BCUT2D eigenvalue weighted by Gasteiger charge is 2.30. The molecule has 0 spiro atoms. The second-order valence-corrected chi connectivity index (χ2v) is 4.41. The summed E-state index contributed by atoms with van der Waals surface area (Å²) in [6.07, 6.45) is 2.01. The minimum absolute atomic E-state index is 0.287. The second kappa shape index (κ2) is 4.23. The van der Waals surface area contributed by atoms with Crippen molar-refractivity contribution in [3.05, 3.63) is 29.3 Å². The van der Waals surface area contributed by atoms with Crippen LogP contribution < -0.4 is 4.74 Å². The lowest BCUT2D eigenvalue weighted by atomic mass is 10.1. The van der Waals surface area contributed by atoms with Crippen molar-refractivity contribution in [2.45, 2.75) is 32.8 Å². The topological polar surface area (TPSA) is 29.5 Å². The number of hydrogen-bond acceptors (Lipinski definition) is 2. The van der Waals surface area contributed by atoms with Gasteiger partial charge in [-0.2, -0.15) is 0 Å². The van der Waals surface area contributed by atoms with E-state index in [1.165, 1.54) is 11.1 Å². The summed E-state index contributed by atoms with van der Waals surface area (Å²) in [4.78, 5) is 0. The summed E-state index contributed by atoms with van der Waals surface area (Å²) in [5.41, 5.74) is 2.40. The van der Waals surface area contributed by atoms with Gasteiger partial charge in [-0.1, -0.05) is 12.1 Å². The van der Waals surface area contributed by atoms with Crippen LogP contribution in [0.3, 0.4) is 0 Å². The molecule has 0 saturated heterocycles. The average molecular weight is 206 g/mol. The first-order valence-corrected chi connectivity index (χ1v) is 5.55. The number of aliphatic hydroxyl groups is 1. The fourth-order valence-electron chi connectivity index (χ4n) is 1.67. The number of hydrogen-bond donors (Lipinski definition) is 1. The van der Waals surface area contributed by atoms with Crippen LogP contribution in [0.15, 0.2) is 18.2 Å². The smallest absolute Gasteiger partial charge is 0.122 e. The molecule has 1 aliphatic carbocycles. The zero-order chi connectivity index (χ0) is 10.8. The van der Waals surface area contributed by atoms with Crippen molar-refractivity contribution in [2.24, 2.45) is 5.92 Å². The van der Waals surface area contributed by atoms with Crippen LogP contribution >= 0.6 is 0 Å². The lowest BCUT2D eigenvalue weighted by Gasteiger charge is -2.14. The first-order chi connectivity index (χ1) is 7.18. The lowest BCUT2D eigenvalue weighted by molar-refractivity contribution is 0.0891. The van der Waals surface area contributed by atoms with Gasteiger partial charge in [-0.25, -0.2) is 0 Å². The lowest BCUT2D eigenvalue weighted by Crippen LogP contribution is -2.19. The molecule has 0 aliphatic heterocycles. The van der Waals surface area contributed by atoms with Gasteiger partial charge in [0.25, 0.3) is 0 Å². The molecule has 0 amide bonds. The Kier molecular flexibility index (Phi) is 2.96. The van der Waals surface area contributed by atoms with E-state index < -0.39 is 0 Å². The molecule has 1 aromatic rings. The van der Waals surface area contributed by atoms with Crippen molar-refractivity contribution in [3.63, 3.8) is 0 Å². The number of aliphatic hydroxyl groups excluding tert-OH is 1. The summed E-state index contributed by atoms with van der Waals surface area (Å²) in [6.45, 7) is 4.54. The fraction of sp³-hybridized carbons (Fsp3) is 0.538. The van der Waals surface area contributed by atoms with Gasteiger partial charge < -0.3 is 9.84 Å². The van der Waals surface area contributed by atoms with Crippen molar-refractivity contribution in [1.82, 2.24) is 0 Å². The minimum Gasteiger partial charge on any atom is -0.491 e. The van der Waals surface area contributed by atoms with Gasteiger partial charge in [-0.15, -0.1) is 0 Å². The number of benzene rings is 1. The molecular weight excluding hydrogens is 188 g/mol. The zero-order valence-electron chi connectivity index (χ0n) is 9.36. The van der Waals surface area contributed by atoms with Crippen molar-refractivity contribution in [1.29, 1.82) is 0 Å². The quantitative estimate of drug-likeness (QED) is 0.820. The van der Waals surface area contributed by atoms with Crippen LogP contribution in [0, 0.1) is 19.8 Å². The molecule has 0 aromatic heterocycles. The highest BCUT2D eigenvalue weighted by Crippen LogP contribution is 2.33. The van der Waals surface area contributed by atoms with Crippen molar-refractivity contribution >= 4 is 0 Å². The third kappa shape index (κ3) is 2.51. The number of aryl methyl sites for hydroxylation is 1. The molecule has 0 bridgehead atoms. The molecule has 1 N–H and O–H groups in total. The molecule has 1 aliphatic rings. The third-order valence-corrected chi connectivity index (χ3v) is 3.13. The Balaban J connectivity index is 1.95. The maximum atomic E-state index is 9.69. The van der Waals surface area contributed by atoms with E-state index in [-0.39, 0.29) is 6.10 Å². The molecule has 2 rings (SSSR count). The standard InChI is InChI=1S/C13H18O2/c1-9-4-3-5-13(10(9)2)15-8-12(14)11-6-7-11/h3-5,11-12,14H,6-8H2,1-2H3. The minimum atomic E-state index is -0.287. The predicted molar refractivity (Wildman–Crippen MR) is 60.1 cm³/mol. The van der Waals surface area contributed by atoms with Crippen LogP contribution in [-0.4, -0.2) is 17.8 Å². The highest BCUT2D eigenvalue weighted by atomic mass is 16.5. The van der Waals surface area contributed by atoms with Crippen molar-refractivity contribution in [2.75, 3.05) is 6.61 Å². The van der Waals surface area contributed by atoms with E-state index in [1.807, 2.05) is 19.1 Å². The zero-order valence-corrected chi connectivity index (χ0v) is 9.36. The molecule has 0 radical (unpaired) electrons. The Morgan fingerprint density at radius 1 is 1.40 bits per heavy atom. The van der Waals surface area contributed by atoms with E-state index >= 15 is 0 Å². The summed E-state index contributed by atoms with van der Waals surface area (Å²) in [5.74, 6) is 1.38. The van der Waals surface area contributed by atoms with Crippen LogP contribution in [-0.2, 0) is 0 Å². The normalized spacial score (nSPS) is 17.5. The predicted octanol–water partition coefficient (Wildman–Crippen LogP) is 2.45. The maximum Gasteiger partial charge on any atom is 0.122 e. The molecule has 0 heterocycles. The molecule has 1 atom stereocenters. The Bertz CT molecular complexity index is 342. The van der Waals surface area contributed by atoms with E-state index in [1.54, 1.807) is 0 Å². The summed E-state index contributed by atoms with van der Waals surface area (Å²) in [6, 6.07) is 6.02. The Morgan fingerprint density at radius 3 is 2.80 bits per heavy atom. The average Bonchev–Trinajstić information content (AvgIpc) is 3.03. The summed E-state index contributed by atoms with van der Waals surface area (Å²) < 4.78 is 5.63. The monoisotopic (exact) mass is 206 g/mol. The van der Waals surface area contributed by atoms with Gasteiger partial charge in [-0.05, 0) is 49.8 Å². The van der Waals surface area contributed by atoms with Crippen molar-refractivity contribution < 1.29 is 9.84 Å². The summed E-state index contributed by atoms with van der Waals surface area (Å²) in [7, 11) is 0. The largest absolute Gasteiger partial charge is 0.491 e. The Hall–Kier alpha value is -1.02. The molecule has 15 heavy (non-hydrogen) atoms. The Morgan fingerprint density at radius 2 is 2.13 bits per heavy atom. The fourth-order valence-corrected chi connectivity index (χ4v) is 1.67. The van der Waals surface area contributed by atoms with Crippen molar-refractivity contribution in [3.8, 4) is 5.75 Å². The van der Waals surface area contributed by atoms with E-state index in [4.69, 9.17) is 4.74 Å². The molecule has 1 unspecified atom stereocenters. The first kappa shape index (κ1) is 10.5. The van der Waals surface area contributed by atoms with Gasteiger partial charge >= 0.3 is 0 Å². The highest BCUT2D eigenvalue weighted by molar-refractivity contribution is 5.38. The van der Waals surface area contributed by atoms with Crippen LogP contribution in [0.1, 0.15) is 24.0 Å². The van der Waals surface area contributed by atoms with Gasteiger partial charge in [0.15, 0.2) is 0 Å². The summed E-state index contributed by atoms with van der Waals surface area (Å²) >= 11 is 0.